The second kappa shape index (κ2) is 3.22. The van der Waals surface area contributed by atoms with Crippen LogP contribution in [-0.4, -0.2) is 12.2 Å². The highest BCUT2D eigenvalue weighted by Crippen LogP contribution is 2.33. The third-order valence-corrected chi connectivity index (χ3v) is 2.50. The molecule has 0 N–H and O–H groups in total. The summed E-state index contributed by atoms with van der Waals surface area (Å²) >= 11 is 0. The Labute approximate surface area is 68.8 Å². The van der Waals surface area contributed by atoms with Crippen molar-refractivity contribution in [3.8, 4) is 0 Å². The van der Waals surface area contributed by atoms with Crippen LogP contribution in [0, 0.1) is 11.8 Å². The summed E-state index contributed by atoms with van der Waals surface area (Å²) in [6.45, 7) is 11.8. The van der Waals surface area contributed by atoms with Crippen LogP contribution in [0.1, 0.15) is 13.8 Å². The van der Waals surface area contributed by atoms with Crippen LogP contribution in [0.3, 0.4) is 0 Å². The Morgan fingerprint density at radius 1 is 1.00 bits per heavy atom. The van der Waals surface area contributed by atoms with Crippen molar-refractivity contribution in [2.45, 2.75) is 26.1 Å². The van der Waals surface area contributed by atoms with Crippen LogP contribution in [0.4, 0.5) is 0 Å². The summed E-state index contributed by atoms with van der Waals surface area (Å²) < 4.78 is 5.63. The Bertz CT molecular complexity index is 144. The van der Waals surface area contributed by atoms with Crippen molar-refractivity contribution >= 4 is 0 Å². The molecule has 1 aliphatic heterocycles. The molecule has 0 spiro atoms. The van der Waals surface area contributed by atoms with Crippen LogP contribution < -0.4 is 0 Å². The van der Waals surface area contributed by atoms with Gasteiger partial charge in [-0.3, -0.25) is 0 Å². The Kier molecular flexibility index (Phi) is 2.50. The molecule has 0 aliphatic carbocycles. The molecule has 0 aromatic heterocycles. The molecule has 1 heteroatoms. The normalized spacial score (nSPS) is 43.8. The van der Waals surface area contributed by atoms with E-state index in [-0.39, 0.29) is 0 Å². The molecule has 0 saturated carbocycles. The summed E-state index contributed by atoms with van der Waals surface area (Å²) in [7, 11) is 0. The molecular formula is C10H16O. The van der Waals surface area contributed by atoms with E-state index in [0.717, 1.165) is 0 Å². The molecule has 1 aliphatic rings. The first-order valence-corrected chi connectivity index (χ1v) is 4.11. The summed E-state index contributed by atoms with van der Waals surface area (Å²) in [6.07, 6.45) is 4.54. The molecule has 0 bridgehead atoms. The zero-order valence-corrected chi connectivity index (χ0v) is 7.29. The predicted octanol–water partition coefficient (Wildman–Crippen LogP) is 2.40. The average Bonchev–Trinajstić information content (AvgIpc) is 2.24. The lowest BCUT2D eigenvalue weighted by molar-refractivity contribution is 0.0561. The van der Waals surface area contributed by atoms with Gasteiger partial charge in [0.2, 0.25) is 0 Å². The number of ether oxygens (including phenoxy) is 1. The maximum atomic E-state index is 5.63. The Hall–Kier alpha value is -0.560. The van der Waals surface area contributed by atoms with Gasteiger partial charge in [0.05, 0.1) is 12.2 Å². The highest BCUT2D eigenvalue weighted by Gasteiger charge is 2.35. The third kappa shape index (κ3) is 1.38. The fourth-order valence-corrected chi connectivity index (χ4v) is 1.84. The van der Waals surface area contributed by atoms with Crippen molar-refractivity contribution < 1.29 is 4.74 Å². The molecule has 4 unspecified atom stereocenters. The molecule has 11 heavy (non-hydrogen) atoms. The van der Waals surface area contributed by atoms with Crippen molar-refractivity contribution in [1.82, 2.24) is 0 Å². The molecule has 1 fully saturated rings. The topological polar surface area (TPSA) is 9.23 Å². The van der Waals surface area contributed by atoms with Crippen molar-refractivity contribution in [2.24, 2.45) is 11.8 Å². The van der Waals surface area contributed by atoms with E-state index in [0.29, 0.717) is 24.0 Å². The first-order chi connectivity index (χ1) is 5.20. The van der Waals surface area contributed by atoms with Gasteiger partial charge in [0.25, 0.3) is 0 Å². The summed E-state index contributed by atoms with van der Waals surface area (Å²) in [4.78, 5) is 0. The van der Waals surface area contributed by atoms with Gasteiger partial charge < -0.3 is 4.74 Å². The molecule has 1 rings (SSSR count). The first kappa shape index (κ1) is 8.54. The van der Waals surface area contributed by atoms with Gasteiger partial charge in [-0.15, -0.1) is 13.2 Å². The van der Waals surface area contributed by atoms with Gasteiger partial charge in [-0.05, 0) is 13.8 Å². The fourth-order valence-electron chi connectivity index (χ4n) is 1.84. The third-order valence-electron chi connectivity index (χ3n) is 2.50. The van der Waals surface area contributed by atoms with Crippen molar-refractivity contribution in [3.63, 3.8) is 0 Å². The minimum absolute atomic E-state index is 0.297. The quantitative estimate of drug-likeness (QED) is 0.552. The van der Waals surface area contributed by atoms with E-state index < -0.39 is 0 Å². The second-order valence-corrected chi connectivity index (χ2v) is 3.17. The Morgan fingerprint density at radius 3 is 1.64 bits per heavy atom. The lowest BCUT2D eigenvalue weighted by atomic mass is 9.88. The average molecular weight is 152 g/mol. The highest BCUT2D eigenvalue weighted by molar-refractivity contribution is 5.02. The zero-order valence-electron chi connectivity index (χ0n) is 7.29. The van der Waals surface area contributed by atoms with E-state index in [2.05, 4.69) is 27.0 Å². The molecular weight excluding hydrogens is 136 g/mol. The van der Waals surface area contributed by atoms with E-state index in [1.807, 2.05) is 12.2 Å². The van der Waals surface area contributed by atoms with Gasteiger partial charge in [0.1, 0.15) is 0 Å². The number of hydrogen-bond donors (Lipinski definition) is 0. The summed E-state index contributed by atoms with van der Waals surface area (Å²) in [5.74, 6) is 0.894. The monoisotopic (exact) mass is 152 g/mol. The lowest BCUT2D eigenvalue weighted by Crippen LogP contribution is -2.14. The molecule has 0 aromatic carbocycles. The van der Waals surface area contributed by atoms with Gasteiger partial charge in [-0.2, -0.15) is 0 Å². The van der Waals surface area contributed by atoms with Crippen LogP contribution in [0.15, 0.2) is 25.3 Å². The highest BCUT2D eigenvalue weighted by atomic mass is 16.5. The standard InChI is InChI=1S/C10H16O/c1-5-9-7(3)11-8(4)10(9)6-2/h5-10H,1-2H2,3-4H3. The lowest BCUT2D eigenvalue weighted by Gasteiger charge is -2.13. The number of hydrogen-bond acceptors (Lipinski definition) is 1. The minimum atomic E-state index is 0.297. The molecule has 1 heterocycles. The molecule has 4 atom stereocenters. The van der Waals surface area contributed by atoms with Gasteiger partial charge >= 0.3 is 0 Å². The minimum Gasteiger partial charge on any atom is -0.374 e. The maximum Gasteiger partial charge on any atom is 0.0620 e. The van der Waals surface area contributed by atoms with E-state index in [1.165, 1.54) is 0 Å². The van der Waals surface area contributed by atoms with Crippen LogP contribution in [0.2, 0.25) is 0 Å². The van der Waals surface area contributed by atoms with Crippen LogP contribution >= 0.6 is 0 Å². The van der Waals surface area contributed by atoms with Crippen LogP contribution in [0.5, 0.6) is 0 Å². The Morgan fingerprint density at radius 2 is 1.36 bits per heavy atom. The maximum absolute atomic E-state index is 5.63. The van der Waals surface area contributed by atoms with E-state index in [1.54, 1.807) is 0 Å². The van der Waals surface area contributed by atoms with Gasteiger partial charge in [-0.1, -0.05) is 12.2 Å². The zero-order chi connectivity index (χ0) is 8.43. The van der Waals surface area contributed by atoms with Gasteiger partial charge in [0, 0.05) is 11.8 Å². The largest absolute Gasteiger partial charge is 0.374 e. The van der Waals surface area contributed by atoms with Gasteiger partial charge in [-0.25, -0.2) is 0 Å². The SMILES string of the molecule is C=CC1C(C)OC(C)C1C=C. The first-order valence-electron chi connectivity index (χ1n) is 4.11. The summed E-state index contributed by atoms with van der Waals surface area (Å²) in [5, 5.41) is 0. The van der Waals surface area contributed by atoms with Crippen molar-refractivity contribution in [1.29, 1.82) is 0 Å². The molecule has 1 nitrogen and oxygen atoms in total. The second-order valence-electron chi connectivity index (χ2n) is 3.17. The number of rotatable bonds is 2. The summed E-state index contributed by atoms with van der Waals surface area (Å²) in [5.41, 5.74) is 0. The van der Waals surface area contributed by atoms with E-state index >= 15 is 0 Å². The Balaban J connectivity index is 2.73. The molecule has 0 aromatic rings. The van der Waals surface area contributed by atoms with Crippen LogP contribution in [0.25, 0.3) is 0 Å². The summed E-state index contributed by atoms with van der Waals surface area (Å²) in [6, 6.07) is 0. The fraction of sp³-hybridized carbons (Fsp3) is 0.600. The van der Waals surface area contributed by atoms with E-state index in [9.17, 15) is 0 Å². The van der Waals surface area contributed by atoms with E-state index in [4.69, 9.17) is 4.74 Å². The molecule has 0 radical (unpaired) electrons. The van der Waals surface area contributed by atoms with Gasteiger partial charge in [0.15, 0.2) is 0 Å². The van der Waals surface area contributed by atoms with Crippen molar-refractivity contribution in [2.75, 3.05) is 0 Å². The van der Waals surface area contributed by atoms with Crippen LogP contribution in [-0.2, 0) is 4.74 Å². The smallest absolute Gasteiger partial charge is 0.0620 e. The van der Waals surface area contributed by atoms with Crippen molar-refractivity contribution in [3.05, 3.63) is 25.3 Å². The predicted molar refractivity (Wildman–Crippen MR) is 47.4 cm³/mol. The molecule has 62 valence electrons. The molecule has 1 saturated heterocycles. The molecule has 0 amide bonds.